The van der Waals surface area contributed by atoms with Crippen LogP contribution in [0.25, 0.3) is 0 Å². The zero-order valence-electron chi connectivity index (χ0n) is 8.14. The van der Waals surface area contributed by atoms with Crippen molar-refractivity contribution in [3.05, 3.63) is 29.8 Å². The van der Waals surface area contributed by atoms with Crippen LogP contribution in [0.4, 0.5) is 0 Å². The molecular weight excluding hydrogens is 199 g/mol. The number of hydrogen-bond donors (Lipinski definition) is 3. The molecule has 1 atom stereocenters. The normalized spacial score (nSPS) is 11.5. The second-order valence-electron chi connectivity index (χ2n) is 2.33. The number of benzene rings is 1. The van der Waals surface area contributed by atoms with E-state index in [1.54, 1.807) is 0 Å². The third kappa shape index (κ3) is 3.76. The summed E-state index contributed by atoms with van der Waals surface area (Å²) in [4.78, 5) is 10.3. The van der Waals surface area contributed by atoms with Crippen LogP contribution in [0.5, 0.6) is 5.75 Å². The fourth-order valence-corrected chi connectivity index (χ4v) is 0.799. The quantitative estimate of drug-likeness (QED) is 0.475. The maximum Gasteiger partial charge on any atom is 1.00 e. The number of carboxylic acids is 1. The van der Waals surface area contributed by atoms with Gasteiger partial charge in [0.25, 0.3) is 0 Å². The van der Waals surface area contributed by atoms with Gasteiger partial charge in [-0.2, -0.15) is 0 Å². The van der Waals surface area contributed by atoms with E-state index in [-0.39, 0.29) is 64.1 Å². The molecule has 3 N–H and O–H groups in total. The van der Waals surface area contributed by atoms with Crippen LogP contribution in [0.15, 0.2) is 24.3 Å². The van der Waals surface area contributed by atoms with E-state index < -0.39 is 12.1 Å². The largest absolute Gasteiger partial charge is 1.00 e. The molecule has 0 saturated heterocycles. The van der Waals surface area contributed by atoms with Gasteiger partial charge in [-0.25, -0.2) is 4.79 Å². The van der Waals surface area contributed by atoms with Crippen LogP contribution >= 0.6 is 0 Å². The number of carbonyl (C=O) groups is 1. The minimum atomic E-state index is -1.52. The molecule has 66 valence electrons. The van der Waals surface area contributed by atoms with Crippen LogP contribution in [0.2, 0.25) is 0 Å². The molecule has 1 aromatic carbocycles. The van der Waals surface area contributed by atoms with Crippen molar-refractivity contribution < 1.29 is 72.9 Å². The smallest absolute Gasteiger partial charge is 1.00 e. The molecule has 1 aromatic rings. The summed E-state index contributed by atoms with van der Waals surface area (Å²) in [6.07, 6.45) is -1.52. The number of aliphatic hydroxyl groups excluding tert-OH is 1. The first-order valence-corrected chi connectivity index (χ1v) is 3.31. The number of aliphatic hydroxyl groups is 1. The topological polar surface area (TPSA) is 77.8 Å². The van der Waals surface area contributed by atoms with Crippen molar-refractivity contribution in [2.75, 3.05) is 0 Å². The van der Waals surface area contributed by atoms with E-state index in [4.69, 9.17) is 15.3 Å². The monoisotopic (exact) mass is 208 g/mol. The van der Waals surface area contributed by atoms with Crippen LogP contribution in [-0.4, -0.2) is 21.3 Å². The molecule has 1 rings (SSSR count). The van der Waals surface area contributed by atoms with Crippen molar-refractivity contribution in [3.8, 4) is 5.75 Å². The summed E-state index contributed by atoms with van der Waals surface area (Å²) in [7, 11) is 0. The van der Waals surface area contributed by atoms with Gasteiger partial charge in [0.2, 0.25) is 0 Å². The summed E-state index contributed by atoms with van der Waals surface area (Å²) in [5, 5.41) is 26.2. The predicted octanol–water partition coefficient (Wildman–Crippen LogP) is -2.37. The molecule has 0 aliphatic carbocycles. The Morgan fingerprint density at radius 2 is 1.77 bits per heavy atom. The Balaban J connectivity index is 0. The second-order valence-corrected chi connectivity index (χ2v) is 2.33. The van der Waals surface area contributed by atoms with Crippen LogP contribution < -0.4 is 51.4 Å². The van der Waals surface area contributed by atoms with Crippen molar-refractivity contribution in [2.45, 2.75) is 6.10 Å². The number of carboxylic acid groups (broad SMARTS) is 1. The molecule has 0 spiro atoms. The Morgan fingerprint density at radius 1 is 1.31 bits per heavy atom. The average molecular weight is 208 g/mol. The van der Waals surface area contributed by atoms with Crippen molar-refractivity contribution >= 4 is 5.97 Å². The first-order valence-electron chi connectivity index (χ1n) is 3.31. The minimum absolute atomic E-state index is 0. The van der Waals surface area contributed by atoms with E-state index in [1.165, 1.54) is 24.3 Å². The Kier molecular flexibility index (Phi) is 5.78. The molecule has 0 fully saturated rings. The maximum atomic E-state index is 10.3. The van der Waals surface area contributed by atoms with Crippen LogP contribution in [0.3, 0.4) is 0 Å². The van der Waals surface area contributed by atoms with E-state index in [9.17, 15) is 4.79 Å². The van der Waals surface area contributed by atoms with Gasteiger partial charge in [0.1, 0.15) is 5.75 Å². The summed E-state index contributed by atoms with van der Waals surface area (Å²) in [5.41, 5.74) is 0.250. The minimum Gasteiger partial charge on any atom is -1.00 e. The van der Waals surface area contributed by atoms with Crippen LogP contribution in [0.1, 0.15) is 13.1 Å². The SMILES string of the molecule is O=C(O)C(O)c1ccc(O)cc1.[H-].[K+]. The Morgan fingerprint density at radius 3 is 2.15 bits per heavy atom. The van der Waals surface area contributed by atoms with Crippen molar-refractivity contribution in [2.24, 2.45) is 0 Å². The maximum absolute atomic E-state index is 10.3. The van der Waals surface area contributed by atoms with Gasteiger partial charge in [-0.1, -0.05) is 12.1 Å². The number of rotatable bonds is 2. The molecule has 5 heteroatoms. The van der Waals surface area contributed by atoms with Crippen molar-refractivity contribution in [3.63, 3.8) is 0 Å². The van der Waals surface area contributed by atoms with Crippen LogP contribution in [-0.2, 0) is 4.79 Å². The zero-order valence-corrected chi connectivity index (χ0v) is 10.3. The van der Waals surface area contributed by atoms with Crippen molar-refractivity contribution in [1.29, 1.82) is 0 Å². The molecule has 0 amide bonds. The standard InChI is InChI=1S/C8H8O4.K.H/c9-6-3-1-5(2-4-6)7(10)8(11)12;;/h1-4,7,9-10H,(H,11,12);;/q;+1;-1. The molecule has 0 saturated carbocycles. The molecule has 0 aliphatic heterocycles. The number of phenols is 1. The zero-order chi connectivity index (χ0) is 9.14. The molecule has 4 nitrogen and oxygen atoms in total. The summed E-state index contributed by atoms with van der Waals surface area (Å²) in [6.45, 7) is 0. The Hall–Kier alpha value is 0.0864. The summed E-state index contributed by atoms with van der Waals surface area (Å²) in [6, 6.07) is 5.35. The van der Waals surface area contributed by atoms with Gasteiger partial charge in [-0.3, -0.25) is 0 Å². The van der Waals surface area contributed by atoms with E-state index in [0.29, 0.717) is 0 Å². The summed E-state index contributed by atoms with van der Waals surface area (Å²) in [5.74, 6) is -1.27. The van der Waals surface area contributed by atoms with E-state index in [2.05, 4.69) is 0 Å². The molecule has 0 aliphatic rings. The third-order valence-electron chi connectivity index (χ3n) is 1.44. The molecule has 1 unspecified atom stereocenters. The molecule has 0 radical (unpaired) electrons. The first kappa shape index (κ1) is 13.1. The second kappa shape index (κ2) is 5.74. The van der Waals surface area contributed by atoms with Gasteiger partial charge in [-0.05, 0) is 17.7 Å². The predicted molar refractivity (Wildman–Crippen MR) is 41.8 cm³/mol. The molecule has 0 bridgehead atoms. The van der Waals surface area contributed by atoms with Crippen molar-refractivity contribution in [1.82, 2.24) is 0 Å². The Labute approximate surface area is 119 Å². The number of aliphatic carboxylic acids is 1. The Bertz CT molecular complexity index is 288. The number of aromatic hydroxyl groups is 1. The molecular formula is C8H9KO4. The van der Waals surface area contributed by atoms with Gasteiger partial charge in [0.15, 0.2) is 6.10 Å². The molecule has 0 heterocycles. The first-order chi connectivity index (χ1) is 5.61. The molecule has 13 heavy (non-hydrogen) atoms. The third-order valence-corrected chi connectivity index (χ3v) is 1.44. The average Bonchev–Trinajstić information content (AvgIpc) is 2.04. The van der Waals surface area contributed by atoms with Gasteiger partial charge < -0.3 is 16.7 Å². The van der Waals surface area contributed by atoms with E-state index in [1.807, 2.05) is 0 Å². The van der Waals surface area contributed by atoms with E-state index in [0.717, 1.165) is 0 Å². The summed E-state index contributed by atoms with van der Waals surface area (Å²) < 4.78 is 0. The van der Waals surface area contributed by atoms with Crippen LogP contribution in [0, 0.1) is 0 Å². The number of phenolic OH excluding ortho intramolecular Hbond substituents is 1. The fraction of sp³-hybridized carbons (Fsp3) is 0.125. The fourth-order valence-electron chi connectivity index (χ4n) is 0.799. The van der Waals surface area contributed by atoms with Gasteiger partial charge in [0, 0.05) is 0 Å². The van der Waals surface area contributed by atoms with E-state index >= 15 is 0 Å². The van der Waals surface area contributed by atoms with Gasteiger partial charge >= 0.3 is 57.4 Å². The number of hydrogen-bond acceptors (Lipinski definition) is 3. The van der Waals surface area contributed by atoms with Gasteiger partial charge in [-0.15, -0.1) is 0 Å². The summed E-state index contributed by atoms with van der Waals surface area (Å²) >= 11 is 0. The molecule has 0 aromatic heterocycles. The van der Waals surface area contributed by atoms with Gasteiger partial charge in [0.05, 0.1) is 0 Å².